The number of benzene rings is 2. The Morgan fingerprint density at radius 3 is 2.76 bits per heavy atom. The van der Waals surface area contributed by atoms with Crippen LogP contribution < -0.4 is 10.1 Å². The summed E-state index contributed by atoms with van der Waals surface area (Å²) in [6.45, 7) is 2.00. The van der Waals surface area contributed by atoms with Gasteiger partial charge in [-0.15, -0.1) is 5.10 Å². The van der Waals surface area contributed by atoms with Crippen LogP contribution in [0, 0.1) is 6.92 Å². The number of halogens is 1. The highest BCUT2D eigenvalue weighted by Gasteiger charge is 2.13. The van der Waals surface area contributed by atoms with Crippen LogP contribution >= 0.6 is 27.3 Å². The summed E-state index contributed by atoms with van der Waals surface area (Å²) in [5.41, 5.74) is 2.77. The molecule has 0 atom stereocenters. The molecule has 3 aromatic heterocycles. The summed E-state index contributed by atoms with van der Waals surface area (Å²) in [5.74, 6) is 1.92. The van der Waals surface area contributed by atoms with E-state index in [4.69, 9.17) is 4.42 Å². The molecule has 3 heterocycles. The van der Waals surface area contributed by atoms with E-state index in [0.29, 0.717) is 21.1 Å². The highest BCUT2D eigenvalue weighted by atomic mass is 79.9. The van der Waals surface area contributed by atoms with E-state index in [1.54, 1.807) is 6.08 Å². The van der Waals surface area contributed by atoms with Gasteiger partial charge in [-0.1, -0.05) is 63.7 Å². The summed E-state index contributed by atoms with van der Waals surface area (Å²) in [5, 5.41) is 4.42. The monoisotopic (exact) mass is 463 g/mol. The number of aromatic nitrogens is 3. The molecule has 5 aromatic rings. The van der Waals surface area contributed by atoms with Gasteiger partial charge in [-0.05, 0) is 36.8 Å². The van der Waals surface area contributed by atoms with Crippen molar-refractivity contribution >= 4 is 38.3 Å². The largest absolute Gasteiger partial charge is 0.457 e. The molecule has 5 nitrogen and oxygen atoms in total. The molecular formula is C22H14BrN3O2S. The Balaban J connectivity index is 1.54. The standard InChI is InChI=1S/C22H14BrN3O2S/c1-13-5-2-3-8-17(13)20-24-22-26(25-20)21(27)19(29-22)12-16-9-10-18(28-16)14-6-4-7-15(23)11-14/h2-12H,1H3/b19-12-. The summed E-state index contributed by atoms with van der Waals surface area (Å²) in [4.78, 5) is 17.9. The molecule has 7 heteroatoms. The molecular weight excluding hydrogens is 450 g/mol. The minimum Gasteiger partial charge on any atom is -0.457 e. The number of hydrogen-bond donors (Lipinski definition) is 0. The van der Waals surface area contributed by atoms with E-state index < -0.39 is 0 Å². The number of fused-ring (bicyclic) bond motifs is 1. The zero-order chi connectivity index (χ0) is 20.0. The second-order valence-corrected chi connectivity index (χ2v) is 8.50. The van der Waals surface area contributed by atoms with E-state index in [1.165, 1.54) is 15.9 Å². The minimum atomic E-state index is -0.197. The number of hydrogen-bond acceptors (Lipinski definition) is 5. The van der Waals surface area contributed by atoms with Gasteiger partial charge in [0, 0.05) is 21.7 Å². The van der Waals surface area contributed by atoms with E-state index in [2.05, 4.69) is 26.0 Å². The van der Waals surface area contributed by atoms with E-state index in [1.807, 2.05) is 67.6 Å². The third-order valence-corrected chi connectivity index (χ3v) is 6.03. The van der Waals surface area contributed by atoms with Gasteiger partial charge in [0.05, 0.1) is 0 Å². The molecule has 2 aromatic carbocycles. The summed E-state index contributed by atoms with van der Waals surface area (Å²) >= 11 is 4.77. The van der Waals surface area contributed by atoms with Crippen LogP contribution in [-0.2, 0) is 0 Å². The molecule has 0 unspecified atom stereocenters. The quantitative estimate of drug-likeness (QED) is 0.389. The molecule has 0 spiro atoms. The lowest BCUT2D eigenvalue weighted by molar-refractivity contribution is 0.571. The summed E-state index contributed by atoms with van der Waals surface area (Å²) in [6.07, 6.45) is 1.73. The lowest BCUT2D eigenvalue weighted by Gasteiger charge is -1.98. The van der Waals surface area contributed by atoms with Gasteiger partial charge in [0.15, 0.2) is 5.82 Å². The van der Waals surface area contributed by atoms with Gasteiger partial charge in [0.2, 0.25) is 4.96 Å². The van der Waals surface area contributed by atoms with E-state index in [-0.39, 0.29) is 5.56 Å². The fourth-order valence-corrected chi connectivity index (χ4v) is 4.42. The highest BCUT2D eigenvalue weighted by Crippen LogP contribution is 2.25. The molecule has 29 heavy (non-hydrogen) atoms. The third kappa shape index (κ3) is 3.32. The van der Waals surface area contributed by atoms with Gasteiger partial charge in [0.25, 0.3) is 5.56 Å². The highest BCUT2D eigenvalue weighted by molar-refractivity contribution is 9.10. The molecule has 0 aliphatic rings. The topological polar surface area (TPSA) is 60.4 Å². The smallest absolute Gasteiger partial charge is 0.291 e. The van der Waals surface area contributed by atoms with Crippen LogP contribution in [0.2, 0.25) is 0 Å². The molecule has 0 aliphatic heterocycles. The lowest BCUT2D eigenvalue weighted by Crippen LogP contribution is -2.23. The molecule has 0 amide bonds. The second kappa shape index (κ2) is 7.09. The fourth-order valence-electron chi connectivity index (χ4n) is 3.13. The van der Waals surface area contributed by atoms with Crippen molar-refractivity contribution in [3.05, 3.63) is 91.3 Å². The molecule has 0 saturated heterocycles. The third-order valence-electron chi connectivity index (χ3n) is 4.58. The maximum atomic E-state index is 12.8. The maximum absolute atomic E-state index is 12.8. The van der Waals surface area contributed by atoms with Gasteiger partial charge >= 0.3 is 0 Å². The second-order valence-electron chi connectivity index (χ2n) is 6.57. The average Bonchev–Trinajstić information content (AvgIpc) is 3.40. The number of rotatable bonds is 3. The normalized spacial score (nSPS) is 12.1. The Bertz CT molecular complexity index is 1470. The van der Waals surface area contributed by atoms with Gasteiger partial charge < -0.3 is 4.42 Å². The van der Waals surface area contributed by atoms with Crippen molar-refractivity contribution in [3.63, 3.8) is 0 Å². The molecule has 0 N–H and O–H groups in total. The lowest BCUT2D eigenvalue weighted by atomic mass is 10.1. The Labute approximate surface area is 178 Å². The van der Waals surface area contributed by atoms with Crippen LogP contribution in [0.15, 0.2) is 74.3 Å². The number of nitrogens with zero attached hydrogens (tertiary/aromatic N) is 3. The first-order valence-corrected chi connectivity index (χ1v) is 10.5. The van der Waals surface area contributed by atoms with Gasteiger partial charge in [-0.2, -0.15) is 9.50 Å². The summed E-state index contributed by atoms with van der Waals surface area (Å²) in [6, 6.07) is 19.5. The van der Waals surface area contributed by atoms with Crippen molar-refractivity contribution in [3.8, 4) is 22.7 Å². The van der Waals surface area contributed by atoms with E-state index in [0.717, 1.165) is 26.9 Å². The van der Waals surface area contributed by atoms with E-state index in [9.17, 15) is 4.79 Å². The first-order chi connectivity index (χ1) is 14.1. The van der Waals surface area contributed by atoms with Crippen molar-refractivity contribution < 1.29 is 4.42 Å². The summed E-state index contributed by atoms with van der Waals surface area (Å²) < 4.78 is 8.78. The van der Waals surface area contributed by atoms with Crippen LogP contribution in [0.5, 0.6) is 0 Å². The Kier molecular flexibility index (Phi) is 4.41. The van der Waals surface area contributed by atoms with Crippen molar-refractivity contribution in [2.24, 2.45) is 0 Å². The zero-order valence-electron chi connectivity index (χ0n) is 15.3. The Morgan fingerprint density at radius 2 is 1.97 bits per heavy atom. The van der Waals surface area contributed by atoms with E-state index >= 15 is 0 Å². The van der Waals surface area contributed by atoms with Crippen molar-refractivity contribution in [2.45, 2.75) is 6.92 Å². The Morgan fingerprint density at radius 1 is 1.10 bits per heavy atom. The molecule has 0 bridgehead atoms. The number of thiazole rings is 1. The molecule has 0 saturated carbocycles. The van der Waals surface area contributed by atoms with Crippen molar-refractivity contribution in [2.75, 3.05) is 0 Å². The molecule has 5 rings (SSSR count). The maximum Gasteiger partial charge on any atom is 0.291 e. The molecule has 142 valence electrons. The van der Waals surface area contributed by atoms with Gasteiger partial charge in [-0.25, -0.2) is 0 Å². The fraction of sp³-hybridized carbons (Fsp3) is 0.0455. The van der Waals surface area contributed by atoms with Crippen molar-refractivity contribution in [1.29, 1.82) is 0 Å². The van der Waals surface area contributed by atoms with Crippen LogP contribution in [0.25, 0.3) is 33.7 Å². The van der Waals surface area contributed by atoms with Crippen LogP contribution in [-0.4, -0.2) is 14.6 Å². The number of furan rings is 1. The Hall–Kier alpha value is -3.03. The van der Waals surface area contributed by atoms with Crippen LogP contribution in [0.4, 0.5) is 0 Å². The molecule has 0 aliphatic carbocycles. The minimum absolute atomic E-state index is 0.197. The van der Waals surface area contributed by atoms with Crippen molar-refractivity contribution in [1.82, 2.24) is 14.6 Å². The first kappa shape index (κ1) is 18.0. The number of aryl methyl sites for hydroxylation is 1. The predicted octanol–water partition coefficient (Wildman–Crippen LogP) is 4.70. The zero-order valence-corrected chi connectivity index (χ0v) is 17.7. The summed E-state index contributed by atoms with van der Waals surface area (Å²) in [7, 11) is 0. The first-order valence-electron chi connectivity index (χ1n) is 8.91. The SMILES string of the molecule is Cc1ccccc1-c1nc2s/c(=C\c3ccc(-c4cccc(Br)c4)o3)c(=O)n2n1. The predicted molar refractivity (Wildman–Crippen MR) is 118 cm³/mol. The van der Waals surface area contributed by atoms with Gasteiger partial charge in [-0.3, -0.25) is 4.79 Å². The van der Waals surface area contributed by atoms with Crippen LogP contribution in [0.3, 0.4) is 0 Å². The molecule has 0 radical (unpaired) electrons. The average molecular weight is 464 g/mol. The van der Waals surface area contributed by atoms with Gasteiger partial charge in [0.1, 0.15) is 16.1 Å². The molecule has 0 fully saturated rings. The van der Waals surface area contributed by atoms with Crippen LogP contribution in [0.1, 0.15) is 11.3 Å².